The van der Waals surface area contributed by atoms with Crippen LogP contribution in [0.5, 0.6) is 0 Å². The van der Waals surface area contributed by atoms with Crippen LogP contribution >= 0.6 is 0 Å². The Hall–Kier alpha value is -0.0800. The molecule has 0 aliphatic heterocycles. The maximum absolute atomic E-state index is 5.97. The molecule has 0 radical (unpaired) electrons. The van der Waals surface area contributed by atoms with Crippen molar-refractivity contribution in [2.24, 2.45) is 11.7 Å². The maximum Gasteiger partial charge on any atom is 0.0219 e. The summed E-state index contributed by atoms with van der Waals surface area (Å²) in [5, 5.41) is 0. The summed E-state index contributed by atoms with van der Waals surface area (Å²) < 4.78 is 0. The standard InChI is InChI=1S/C12H26N2/c1-9(2)7-8-14(12-5-6-12)11(4)10(3)13/h9-12H,5-8,13H2,1-4H3. The van der Waals surface area contributed by atoms with Gasteiger partial charge in [-0.1, -0.05) is 13.8 Å². The van der Waals surface area contributed by atoms with E-state index in [1.165, 1.54) is 25.8 Å². The number of hydrogen-bond donors (Lipinski definition) is 1. The van der Waals surface area contributed by atoms with Gasteiger partial charge in [-0.15, -0.1) is 0 Å². The maximum atomic E-state index is 5.97. The predicted octanol–water partition coefficient (Wildman–Crippen LogP) is 2.23. The molecular formula is C12H26N2. The quantitative estimate of drug-likeness (QED) is 0.709. The van der Waals surface area contributed by atoms with Crippen LogP contribution in [0.4, 0.5) is 0 Å². The molecule has 2 heteroatoms. The first-order chi connectivity index (χ1) is 6.52. The summed E-state index contributed by atoms with van der Waals surface area (Å²) in [5.41, 5.74) is 5.97. The van der Waals surface area contributed by atoms with E-state index in [0.717, 1.165) is 12.0 Å². The lowest BCUT2D eigenvalue weighted by molar-refractivity contribution is 0.170. The van der Waals surface area contributed by atoms with Crippen molar-refractivity contribution < 1.29 is 0 Å². The van der Waals surface area contributed by atoms with E-state index in [1.54, 1.807) is 0 Å². The van der Waals surface area contributed by atoms with Gasteiger partial charge in [-0.05, 0) is 45.6 Å². The first kappa shape index (κ1) is 12.0. The van der Waals surface area contributed by atoms with Crippen molar-refractivity contribution in [3.63, 3.8) is 0 Å². The van der Waals surface area contributed by atoms with Crippen molar-refractivity contribution in [2.45, 2.75) is 65.1 Å². The average Bonchev–Trinajstić information content (AvgIpc) is 2.87. The van der Waals surface area contributed by atoms with Crippen LogP contribution in [-0.2, 0) is 0 Å². The molecule has 1 aliphatic carbocycles. The molecule has 2 unspecified atom stereocenters. The van der Waals surface area contributed by atoms with Gasteiger partial charge >= 0.3 is 0 Å². The summed E-state index contributed by atoms with van der Waals surface area (Å²) >= 11 is 0. The minimum absolute atomic E-state index is 0.294. The van der Waals surface area contributed by atoms with E-state index in [0.29, 0.717) is 12.1 Å². The van der Waals surface area contributed by atoms with Crippen molar-refractivity contribution in [3.05, 3.63) is 0 Å². The monoisotopic (exact) mass is 198 g/mol. The van der Waals surface area contributed by atoms with E-state index in [9.17, 15) is 0 Å². The SMILES string of the molecule is CC(C)CCN(C1CC1)C(C)C(C)N. The van der Waals surface area contributed by atoms with Crippen LogP contribution in [0.1, 0.15) is 47.0 Å². The molecule has 2 atom stereocenters. The number of hydrogen-bond acceptors (Lipinski definition) is 2. The largest absolute Gasteiger partial charge is 0.327 e. The van der Waals surface area contributed by atoms with Gasteiger partial charge in [0.15, 0.2) is 0 Å². The predicted molar refractivity (Wildman–Crippen MR) is 62.3 cm³/mol. The second kappa shape index (κ2) is 5.13. The highest BCUT2D eigenvalue weighted by atomic mass is 15.2. The second-order valence-electron chi connectivity index (χ2n) is 5.25. The van der Waals surface area contributed by atoms with E-state index >= 15 is 0 Å². The lowest BCUT2D eigenvalue weighted by Crippen LogP contribution is -2.46. The van der Waals surface area contributed by atoms with Crippen LogP contribution in [0.3, 0.4) is 0 Å². The highest BCUT2D eigenvalue weighted by molar-refractivity contribution is 4.89. The van der Waals surface area contributed by atoms with Crippen LogP contribution < -0.4 is 5.73 Å². The zero-order valence-electron chi connectivity index (χ0n) is 10.2. The molecule has 0 saturated heterocycles. The topological polar surface area (TPSA) is 29.3 Å². The molecule has 0 aromatic rings. The summed E-state index contributed by atoms with van der Waals surface area (Å²) in [4.78, 5) is 2.62. The number of nitrogens with zero attached hydrogens (tertiary/aromatic N) is 1. The fourth-order valence-electron chi connectivity index (χ4n) is 1.83. The Morgan fingerprint density at radius 1 is 1.21 bits per heavy atom. The highest BCUT2D eigenvalue weighted by Crippen LogP contribution is 2.29. The van der Waals surface area contributed by atoms with Gasteiger partial charge in [-0.3, -0.25) is 4.90 Å². The lowest BCUT2D eigenvalue weighted by Gasteiger charge is -2.32. The molecular weight excluding hydrogens is 172 g/mol. The van der Waals surface area contributed by atoms with Crippen LogP contribution in [0.15, 0.2) is 0 Å². The van der Waals surface area contributed by atoms with Crippen LogP contribution in [0.25, 0.3) is 0 Å². The Balaban J connectivity index is 2.38. The van der Waals surface area contributed by atoms with E-state index in [-0.39, 0.29) is 0 Å². The Labute approximate surface area is 88.8 Å². The van der Waals surface area contributed by atoms with Crippen molar-refractivity contribution in [1.29, 1.82) is 0 Å². The van der Waals surface area contributed by atoms with Gasteiger partial charge in [0.05, 0.1) is 0 Å². The minimum atomic E-state index is 0.294. The highest BCUT2D eigenvalue weighted by Gasteiger charge is 2.32. The molecule has 1 fully saturated rings. The number of rotatable bonds is 6. The van der Waals surface area contributed by atoms with Gasteiger partial charge in [0, 0.05) is 18.1 Å². The van der Waals surface area contributed by atoms with Gasteiger partial charge < -0.3 is 5.73 Å². The average molecular weight is 198 g/mol. The fourth-order valence-corrected chi connectivity index (χ4v) is 1.83. The summed E-state index contributed by atoms with van der Waals surface area (Å²) in [6, 6.07) is 1.68. The van der Waals surface area contributed by atoms with E-state index in [1.807, 2.05) is 0 Å². The van der Waals surface area contributed by atoms with Gasteiger partial charge in [-0.2, -0.15) is 0 Å². The second-order valence-corrected chi connectivity index (χ2v) is 5.25. The molecule has 0 heterocycles. The van der Waals surface area contributed by atoms with Crippen LogP contribution in [0.2, 0.25) is 0 Å². The first-order valence-corrected chi connectivity index (χ1v) is 6.03. The number of nitrogens with two attached hydrogens (primary N) is 1. The molecule has 2 N–H and O–H groups in total. The summed E-state index contributed by atoms with van der Waals surface area (Å²) in [5.74, 6) is 0.802. The molecule has 2 nitrogen and oxygen atoms in total. The van der Waals surface area contributed by atoms with Crippen molar-refractivity contribution in [1.82, 2.24) is 4.90 Å². The molecule has 0 aromatic heterocycles. The van der Waals surface area contributed by atoms with Crippen LogP contribution in [-0.4, -0.2) is 29.6 Å². The van der Waals surface area contributed by atoms with Crippen molar-refractivity contribution >= 4 is 0 Å². The molecule has 0 spiro atoms. The minimum Gasteiger partial charge on any atom is -0.327 e. The van der Waals surface area contributed by atoms with Crippen LogP contribution in [0, 0.1) is 5.92 Å². The normalized spacial score (nSPS) is 21.6. The zero-order valence-corrected chi connectivity index (χ0v) is 10.2. The van der Waals surface area contributed by atoms with E-state index in [4.69, 9.17) is 5.73 Å². The third-order valence-electron chi connectivity index (χ3n) is 3.26. The van der Waals surface area contributed by atoms with Gasteiger partial charge in [-0.25, -0.2) is 0 Å². The Morgan fingerprint density at radius 3 is 2.14 bits per heavy atom. The fraction of sp³-hybridized carbons (Fsp3) is 1.00. The first-order valence-electron chi connectivity index (χ1n) is 6.03. The van der Waals surface area contributed by atoms with Gasteiger partial charge in [0.2, 0.25) is 0 Å². The molecule has 1 saturated carbocycles. The molecule has 1 rings (SSSR count). The Morgan fingerprint density at radius 2 is 1.79 bits per heavy atom. The Bertz CT molecular complexity index is 162. The lowest BCUT2D eigenvalue weighted by atomic mass is 10.1. The smallest absolute Gasteiger partial charge is 0.0219 e. The molecule has 84 valence electrons. The molecule has 14 heavy (non-hydrogen) atoms. The molecule has 0 amide bonds. The van der Waals surface area contributed by atoms with Crippen molar-refractivity contribution in [2.75, 3.05) is 6.54 Å². The third kappa shape index (κ3) is 3.58. The van der Waals surface area contributed by atoms with Crippen molar-refractivity contribution in [3.8, 4) is 0 Å². The molecule has 0 bridgehead atoms. The summed E-state index contributed by atoms with van der Waals surface area (Å²) in [6.07, 6.45) is 4.07. The summed E-state index contributed by atoms with van der Waals surface area (Å²) in [7, 11) is 0. The van der Waals surface area contributed by atoms with Gasteiger partial charge in [0.25, 0.3) is 0 Å². The van der Waals surface area contributed by atoms with Gasteiger partial charge in [0.1, 0.15) is 0 Å². The van der Waals surface area contributed by atoms with E-state index < -0.39 is 0 Å². The molecule has 0 aromatic carbocycles. The Kier molecular flexibility index (Phi) is 4.39. The zero-order chi connectivity index (χ0) is 10.7. The molecule has 1 aliphatic rings. The van der Waals surface area contributed by atoms with E-state index in [2.05, 4.69) is 32.6 Å². The third-order valence-corrected chi connectivity index (χ3v) is 3.26. The summed E-state index contributed by atoms with van der Waals surface area (Å²) in [6.45, 7) is 10.2.